The molecule has 0 aromatic heterocycles. The van der Waals surface area contributed by atoms with Crippen molar-refractivity contribution in [3.63, 3.8) is 0 Å². The molecule has 4 N–H and O–H groups in total. The van der Waals surface area contributed by atoms with E-state index in [4.69, 9.17) is 20.4 Å². The Morgan fingerprint density at radius 3 is 2.31 bits per heavy atom. The maximum Gasteiger partial charge on any atom is 0.377 e. The summed E-state index contributed by atoms with van der Waals surface area (Å²) in [5.74, 6) is -2.78. The van der Waals surface area contributed by atoms with Gasteiger partial charge in [0.15, 0.2) is 11.9 Å². The second-order valence-electron chi connectivity index (χ2n) is 2.31. The van der Waals surface area contributed by atoms with Crippen LogP contribution in [-0.2, 0) is 9.53 Å². The third-order valence-corrected chi connectivity index (χ3v) is 1.48. The molecule has 13 heavy (non-hydrogen) atoms. The molecule has 71 valence electrons. The molecule has 0 fully saturated rings. The van der Waals surface area contributed by atoms with Gasteiger partial charge in [-0.1, -0.05) is 0 Å². The van der Waals surface area contributed by atoms with Crippen molar-refractivity contribution < 1.29 is 65.6 Å². The van der Waals surface area contributed by atoms with Crippen LogP contribution in [0.2, 0.25) is 0 Å². The molecule has 0 amide bonds. The van der Waals surface area contributed by atoms with Gasteiger partial charge < -0.3 is 25.2 Å². The first-order chi connectivity index (χ1) is 5.57. The minimum absolute atomic E-state index is 0. The molecular formula is C6H8LaO6. The Hall–Kier alpha value is -0.0752. The number of ether oxygens (including phenoxy) is 1. The van der Waals surface area contributed by atoms with Gasteiger partial charge in [0.25, 0.3) is 0 Å². The van der Waals surface area contributed by atoms with Gasteiger partial charge in [-0.15, -0.1) is 0 Å². The van der Waals surface area contributed by atoms with E-state index in [9.17, 15) is 4.79 Å². The van der Waals surface area contributed by atoms with E-state index in [1.54, 1.807) is 0 Å². The van der Waals surface area contributed by atoms with E-state index < -0.39 is 36.3 Å². The normalized spacial score (nSPS) is 23.8. The first kappa shape index (κ1) is 12.9. The first-order valence-electron chi connectivity index (χ1n) is 3.20. The molecule has 0 saturated carbocycles. The quantitative estimate of drug-likeness (QED) is 0.467. The minimum Gasteiger partial charge on any atom is -0.505 e. The third kappa shape index (κ3) is 2.44. The molecule has 0 aromatic rings. The molecule has 0 spiro atoms. The van der Waals surface area contributed by atoms with Gasteiger partial charge >= 0.3 is 5.97 Å². The van der Waals surface area contributed by atoms with Gasteiger partial charge in [-0.05, 0) is 0 Å². The second-order valence-corrected chi connectivity index (χ2v) is 2.31. The summed E-state index contributed by atoms with van der Waals surface area (Å²) in [4.78, 5) is 10.5. The summed E-state index contributed by atoms with van der Waals surface area (Å²) in [5.41, 5.74) is 0. The summed E-state index contributed by atoms with van der Waals surface area (Å²) < 4.78 is 4.32. The van der Waals surface area contributed by atoms with Crippen LogP contribution in [0, 0.1) is 35.6 Å². The molecule has 0 aliphatic carbocycles. The van der Waals surface area contributed by atoms with Gasteiger partial charge in [0.05, 0.1) is 6.61 Å². The van der Waals surface area contributed by atoms with E-state index in [1.165, 1.54) is 0 Å². The predicted molar refractivity (Wildman–Crippen MR) is 35.3 cm³/mol. The number of aliphatic hydroxyl groups excluding tert-OH is 4. The Labute approximate surface area is 101 Å². The van der Waals surface area contributed by atoms with Crippen molar-refractivity contribution in [3.8, 4) is 0 Å². The molecule has 0 saturated heterocycles. The fourth-order valence-electron chi connectivity index (χ4n) is 0.823. The van der Waals surface area contributed by atoms with Gasteiger partial charge in [-0.25, -0.2) is 4.79 Å². The van der Waals surface area contributed by atoms with Crippen molar-refractivity contribution in [3.05, 3.63) is 11.5 Å². The minimum atomic E-state index is -1.42. The van der Waals surface area contributed by atoms with Crippen molar-refractivity contribution >= 4 is 5.97 Å². The number of hydrogen-bond acceptors (Lipinski definition) is 6. The second kappa shape index (κ2) is 4.97. The summed E-state index contributed by atoms with van der Waals surface area (Å²) >= 11 is 0. The van der Waals surface area contributed by atoms with Crippen molar-refractivity contribution in [1.82, 2.24) is 0 Å². The molecule has 1 aliphatic heterocycles. The monoisotopic (exact) mass is 315 g/mol. The zero-order valence-corrected chi connectivity index (χ0v) is 10.2. The number of esters is 1. The molecule has 7 heteroatoms. The van der Waals surface area contributed by atoms with E-state index in [2.05, 4.69) is 4.74 Å². The van der Waals surface area contributed by atoms with Crippen LogP contribution in [0.1, 0.15) is 0 Å². The van der Waals surface area contributed by atoms with Gasteiger partial charge in [-0.3, -0.25) is 0 Å². The Balaban J connectivity index is 0.00000144. The number of cyclic esters (lactones) is 1. The maximum atomic E-state index is 10.5. The van der Waals surface area contributed by atoms with Crippen LogP contribution in [0.3, 0.4) is 0 Å². The molecule has 1 rings (SSSR count). The number of rotatable bonds is 2. The summed E-state index contributed by atoms with van der Waals surface area (Å²) in [5, 5.41) is 35.0. The topological polar surface area (TPSA) is 107 Å². The van der Waals surface area contributed by atoms with Gasteiger partial charge in [0.1, 0.15) is 6.10 Å². The fraction of sp³-hybridized carbons (Fsp3) is 0.500. The van der Waals surface area contributed by atoms with Crippen LogP contribution in [0.4, 0.5) is 0 Å². The Bertz CT molecular complexity index is 237. The van der Waals surface area contributed by atoms with Crippen LogP contribution in [0.5, 0.6) is 0 Å². The zero-order chi connectivity index (χ0) is 9.30. The predicted octanol–water partition coefficient (Wildman–Crippen LogP) is -1.41. The molecule has 0 bridgehead atoms. The summed E-state index contributed by atoms with van der Waals surface area (Å²) in [6.45, 7) is -0.671. The average molecular weight is 315 g/mol. The SMILES string of the molecule is O=C1O[C@H]([C@@H](O)CO)C(O)=C1O.[La]. The van der Waals surface area contributed by atoms with Gasteiger partial charge in [-0.2, -0.15) is 0 Å². The van der Waals surface area contributed by atoms with Crippen molar-refractivity contribution in [2.45, 2.75) is 12.2 Å². The summed E-state index contributed by atoms with van der Waals surface area (Å²) in [6.07, 6.45) is -2.78. The van der Waals surface area contributed by atoms with E-state index in [-0.39, 0.29) is 35.6 Å². The third-order valence-electron chi connectivity index (χ3n) is 1.48. The summed E-state index contributed by atoms with van der Waals surface area (Å²) in [7, 11) is 0. The van der Waals surface area contributed by atoms with Crippen LogP contribution < -0.4 is 0 Å². The standard InChI is InChI=1S/C6H8O6.La/c7-1-2(8)5-3(9)4(10)6(11)12-5;/h2,5,7-10H,1H2;/t2-,5+;/m0./s1. The average Bonchev–Trinajstić information content (AvgIpc) is 2.32. The van der Waals surface area contributed by atoms with E-state index >= 15 is 0 Å². The van der Waals surface area contributed by atoms with Crippen LogP contribution in [0.25, 0.3) is 0 Å². The van der Waals surface area contributed by atoms with E-state index in [0.29, 0.717) is 0 Å². The largest absolute Gasteiger partial charge is 0.505 e. The molecule has 1 aliphatic rings. The molecule has 6 nitrogen and oxygen atoms in total. The van der Waals surface area contributed by atoms with Crippen LogP contribution >= 0.6 is 0 Å². The molecule has 0 unspecified atom stereocenters. The number of hydrogen-bond donors (Lipinski definition) is 4. The van der Waals surface area contributed by atoms with Crippen LogP contribution in [0.15, 0.2) is 11.5 Å². The Kier molecular flexibility index (Phi) is 4.94. The van der Waals surface area contributed by atoms with Crippen molar-refractivity contribution in [2.75, 3.05) is 6.61 Å². The number of carbonyl (C=O) groups excluding carboxylic acids is 1. The van der Waals surface area contributed by atoms with E-state index in [1.807, 2.05) is 0 Å². The van der Waals surface area contributed by atoms with Gasteiger partial charge in [0, 0.05) is 35.6 Å². The number of carbonyl (C=O) groups is 1. The molecule has 1 heterocycles. The van der Waals surface area contributed by atoms with E-state index in [0.717, 1.165) is 0 Å². The molecule has 1 radical (unpaired) electrons. The van der Waals surface area contributed by atoms with Crippen molar-refractivity contribution in [1.29, 1.82) is 0 Å². The zero-order valence-electron chi connectivity index (χ0n) is 6.54. The Morgan fingerprint density at radius 2 is 2.00 bits per heavy atom. The molecular weight excluding hydrogens is 307 g/mol. The number of aliphatic hydroxyl groups is 4. The smallest absolute Gasteiger partial charge is 0.377 e. The maximum absolute atomic E-state index is 10.5. The first-order valence-corrected chi connectivity index (χ1v) is 3.20. The van der Waals surface area contributed by atoms with Crippen molar-refractivity contribution in [2.24, 2.45) is 0 Å². The van der Waals surface area contributed by atoms with Gasteiger partial charge in [0.2, 0.25) is 5.76 Å². The summed E-state index contributed by atoms with van der Waals surface area (Å²) in [6, 6.07) is 0. The molecule has 2 atom stereocenters. The fourth-order valence-corrected chi connectivity index (χ4v) is 0.823. The van der Waals surface area contributed by atoms with Crippen LogP contribution in [-0.4, -0.2) is 45.2 Å². The Morgan fingerprint density at radius 1 is 1.46 bits per heavy atom. The molecule has 0 aromatic carbocycles.